The Morgan fingerprint density at radius 2 is 2.21 bits per heavy atom. The summed E-state index contributed by atoms with van der Waals surface area (Å²) < 4.78 is 43.4. The standard InChI is InChI=1S/C10H11BrFNO5S/c1-18-10(15)9(5-14)13-19(16,17)6-2-3-7(11)8(12)4-6/h2-4,9,13-14H,5H2,1H3. The third kappa shape index (κ3) is 3.96. The van der Waals surface area contributed by atoms with Crippen LogP contribution in [0.5, 0.6) is 0 Å². The van der Waals surface area contributed by atoms with Gasteiger partial charge >= 0.3 is 5.97 Å². The maximum absolute atomic E-state index is 13.3. The Bertz CT molecular complexity index is 577. The van der Waals surface area contributed by atoms with Crippen molar-refractivity contribution in [2.75, 3.05) is 13.7 Å². The molecule has 0 saturated heterocycles. The molecule has 9 heteroatoms. The Balaban J connectivity index is 3.03. The first-order valence-corrected chi connectivity index (χ1v) is 7.25. The average molecular weight is 356 g/mol. The largest absolute Gasteiger partial charge is 0.468 e. The number of sulfonamides is 1. The first kappa shape index (κ1) is 16.0. The van der Waals surface area contributed by atoms with Crippen molar-refractivity contribution in [2.24, 2.45) is 0 Å². The van der Waals surface area contributed by atoms with E-state index in [0.29, 0.717) is 0 Å². The van der Waals surface area contributed by atoms with Gasteiger partial charge in [0, 0.05) is 0 Å². The van der Waals surface area contributed by atoms with Crippen molar-refractivity contribution in [1.82, 2.24) is 4.72 Å². The van der Waals surface area contributed by atoms with Crippen molar-refractivity contribution in [3.05, 3.63) is 28.5 Å². The van der Waals surface area contributed by atoms with Crippen LogP contribution in [0.1, 0.15) is 0 Å². The zero-order chi connectivity index (χ0) is 14.6. The number of benzene rings is 1. The zero-order valence-electron chi connectivity index (χ0n) is 9.76. The minimum atomic E-state index is -4.14. The third-order valence-corrected chi connectivity index (χ3v) is 4.28. The highest BCUT2D eigenvalue weighted by atomic mass is 79.9. The second kappa shape index (κ2) is 6.42. The van der Waals surface area contributed by atoms with Crippen LogP contribution in [0.25, 0.3) is 0 Å². The summed E-state index contributed by atoms with van der Waals surface area (Å²) in [7, 11) is -3.08. The molecule has 0 heterocycles. The lowest BCUT2D eigenvalue weighted by Gasteiger charge is -2.14. The minimum absolute atomic E-state index is 0.109. The van der Waals surface area contributed by atoms with Crippen LogP contribution in [0, 0.1) is 5.82 Å². The molecule has 0 radical (unpaired) electrons. The number of halogens is 2. The number of aliphatic hydroxyl groups excluding tert-OH is 1. The van der Waals surface area contributed by atoms with Crippen molar-refractivity contribution < 1.29 is 27.4 Å². The smallest absolute Gasteiger partial charge is 0.326 e. The Hall–Kier alpha value is -1.03. The maximum atomic E-state index is 13.3. The summed E-state index contributed by atoms with van der Waals surface area (Å²) >= 11 is 2.89. The molecule has 1 rings (SSSR count). The molecular formula is C10H11BrFNO5S. The molecule has 0 amide bonds. The molecular weight excluding hydrogens is 345 g/mol. The fraction of sp³-hybridized carbons (Fsp3) is 0.300. The van der Waals surface area contributed by atoms with Crippen LogP contribution in [0.4, 0.5) is 4.39 Å². The molecule has 0 saturated carbocycles. The van der Waals surface area contributed by atoms with Gasteiger partial charge in [-0.15, -0.1) is 0 Å². The van der Waals surface area contributed by atoms with Gasteiger partial charge in [0.25, 0.3) is 0 Å². The molecule has 0 aromatic heterocycles. The molecule has 106 valence electrons. The maximum Gasteiger partial charge on any atom is 0.326 e. The molecule has 0 aliphatic carbocycles. The van der Waals surface area contributed by atoms with Crippen LogP contribution in [0.3, 0.4) is 0 Å². The van der Waals surface area contributed by atoms with Gasteiger partial charge in [-0.1, -0.05) is 0 Å². The summed E-state index contributed by atoms with van der Waals surface area (Å²) in [6.45, 7) is -0.773. The van der Waals surface area contributed by atoms with Crippen molar-refractivity contribution in [1.29, 1.82) is 0 Å². The SMILES string of the molecule is COC(=O)C(CO)NS(=O)(=O)c1ccc(Br)c(F)c1. The van der Waals surface area contributed by atoms with E-state index in [1.54, 1.807) is 0 Å². The third-order valence-electron chi connectivity index (χ3n) is 2.17. The molecule has 0 aliphatic rings. The van der Waals surface area contributed by atoms with E-state index in [1.165, 1.54) is 6.07 Å². The second-order valence-corrected chi connectivity index (χ2v) is 6.02. The highest BCUT2D eigenvalue weighted by Crippen LogP contribution is 2.19. The number of aliphatic hydroxyl groups is 1. The fourth-order valence-corrected chi connectivity index (χ4v) is 2.64. The number of ether oxygens (including phenoxy) is 1. The van der Waals surface area contributed by atoms with Crippen molar-refractivity contribution in [3.63, 3.8) is 0 Å². The summed E-state index contributed by atoms with van der Waals surface area (Å²) in [6, 6.07) is 1.72. The monoisotopic (exact) mass is 355 g/mol. The first-order chi connectivity index (χ1) is 8.81. The highest BCUT2D eigenvalue weighted by Gasteiger charge is 2.26. The van der Waals surface area contributed by atoms with Crippen molar-refractivity contribution in [3.8, 4) is 0 Å². The normalized spacial score (nSPS) is 13.1. The summed E-state index contributed by atoms with van der Waals surface area (Å²) in [5.74, 6) is -1.70. The van der Waals surface area contributed by atoms with Gasteiger partial charge < -0.3 is 9.84 Å². The van der Waals surface area contributed by atoms with E-state index < -0.39 is 34.5 Å². The number of hydrogen-bond acceptors (Lipinski definition) is 5. The van der Waals surface area contributed by atoms with Gasteiger partial charge in [0.2, 0.25) is 10.0 Å². The van der Waals surface area contributed by atoms with Crippen LogP contribution in [0.15, 0.2) is 27.6 Å². The van der Waals surface area contributed by atoms with Gasteiger partial charge in [0.15, 0.2) is 0 Å². The molecule has 1 aromatic carbocycles. The van der Waals surface area contributed by atoms with E-state index in [9.17, 15) is 17.6 Å². The van der Waals surface area contributed by atoms with Crippen LogP contribution in [-0.4, -0.2) is 39.3 Å². The molecule has 1 aromatic rings. The summed E-state index contributed by atoms with van der Waals surface area (Å²) in [5.41, 5.74) is 0. The Kier molecular flexibility index (Phi) is 5.41. The van der Waals surface area contributed by atoms with Gasteiger partial charge in [-0.2, -0.15) is 4.72 Å². The number of carbonyl (C=O) groups is 1. The van der Waals surface area contributed by atoms with E-state index in [2.05, 4.69) is 20.7 Å². The van der Waals surface area contributed by atoms with E-state index >= 15 is 0 Å². The van der Waals surface area contributed by atoms with Gasteiger partial charge in [-0.05, 0) is 34.1 Å². The van der Waals surface area contributed by atoms with E-state index in [-0.39, 0.29) is 9.37 Å². The molecule has 0 bridgehead atoms. The summed E-state index contributed by atoms with van der Waals surface area (Å²) in [4.78, 5) is 10.8. The zero-order valence-corrected chi connectivity index (χ0v) is 12.2. The molecule has 1 atom stereocenters. The summed E-state index contributed by atoms with van der Waals surface area (Å²) in [5, 5.41) is 8.93. The number of hydrogen-bond donors (Lipinski definition) is 2. The average Bonchev–Trinajstić information content (AvgIpc) is 2.38. The lowest BCUT2D eigenvalue weighted by molar-refractivity contribution is -0.143. The van der Waals surface area contributed by atoms with Crippen LogP contribution < -0.4 is 4.72 Å². The number of esters is 1. The molecule has 0 spiro atoms. The number of nitrogens with one attached hydrogen (secondary N) is 1. The Morgan fingerprint density at radius 3 is 2.68 bits per heavy atom. The van der Waals surface area contributed by atoms with Gasteiger partial charge in [-0.3, -0.25) is 4.79 Å². The molecule has 0 aliphatic heterocycles. The predicted octanol–water partition coefficient (Wildman–Crippen LogP) is 0.400. The lowest BCUT2D eigenvalue weighted by atomic mass is 10.3. The number of methoxy groups -OCH3 is 1. The molecule has 19 heavy (non-hydrogen) atoms. The Morgan fingerprint density at radius 1 is 1.58 bits per heavy atom. The highest BCUT2D eigenvalue weighted by molar-refractivity contribution is 9.10. The van der Waals surface area contributed by atoms with Crippen LogP contribution >= 0.6 is 15.9 Å². The van der Waals surface area contributed by atoms with E-state index in [0.717, 1.165) is 19.2 Å². The quantitative estimate of drug-likeness (QED) is 0.745. The minimum Gasteiger partial charge on any atom is -0.468 e. The molecule has 6 nitrogen and oxygen atoms in total. The van der Waals surface area contributed by atoms with Gasteiger partial charge in [-0.25, -0.2) is 12.8 Å². The van der Waals surface area contributed by atoms with Gasteiger partial charge in [0.05, 0.1) is 23.1 Å². The summed E-state index contributed by atoms with van der Waals surface area (Å²) in [6.07, 6.45) is 0. The Labute approximate surface area is 117 Å². The van der Waals surface area contributed by atoms with Crippen LogP contribution in [-0.2, 0) is 19.6 Å². The van der Waals surface area contributed by atoms with Crippen molar-refractivity contribution >= 4 is 31.9 Å². The first-order valence-electron chi connectivity index (χ1n) is 4.98. The van der Waals surface area contributed by atoms with Crippen LogP contribution in [0.2, 0.25) is 0 Å². The van der Waals surface area contributed by atoms with Crippen molar-refractivity contribution in [2.45, 2.75) is 10.9 Å². The lowest BCUT2D eigenvalue weighted by Crippen LogP contribution is -2.43. The van der Waals surface area contributed by atoms with Gasteiger partial charge in [0.1, 0.15) is 11.9 Å². The second-order valence-electron chi connectivity index (χ2n) is 3.46. The number of carbonyl (C=O) groups excluding carboxylic acids is 1. The fourth-order valence-electron chi connectivity index (χ4n) is 1.20. The molecule has 2 N–H and O–H groups in total. The van der Waals surface area contributed by atoms with E-state index in [4.69, 9.17) is 5.11 Å². The van der Waals surface area contributed by atoms with E-state index in [1.807, 2.05) is 4.72 Å². The molecule has 1 unspecified atom stereocenters. The number of rotatable bonds is 5. The molecule has 0 fully saturated rings. The predicted molar refractivity (Wildman–Crippen MR) is 67.3 cm³/mol. The topological polar surface area (TPSA) is 92.7 Å².